The topological polar surface area (TPSA) is 56.8 Å². The second-order valence-corrected chi connectivity index (χ2v) is 4.46. The third-order valence-corrected chi connectivity index (χ3v) is 2.04. The van der Waals surface area contributed by atoms with E-state index < -0.39 is 0 Å². The Bertz CT molecular complexity index is 458. The Morgan fingerprint density at radius 1 is 1.19 bits per heavy atom. The minimum absolute atomic E-state index is 0.255. The number of ether oxygens (including phenoxy) is 1. The van der Waals surface area contributed by atoms with Crippen LogP contribution in [0.4, 0.5) is 0 Å². The Balaban J connectivity index is 2.98. The molecule has 0 radical (unpaired) electrons. The number of rotatable bonds is 2. The van der Waals surface area contributed by atoms with Crippen molar-refractivity contribution >= 4 is 0 Å². The minimum Gasteiger partial charge on any atom is -0.371 e. The van der Waals surface area contributed by atoms with Crippen LogP contribution in [0.3, 0.4) is 0 Å². The van der Waals surface area contributed by atoms with E-state index in [0.717, 1.165) is 5.56 Å². The van der Waals surface area contributed by atoms with Crippen LogP contribution in [-0.2, 0) is 11.3 Å². The highest BCUT2D eigenvalue weighted by atomic mass is 16.5. The van der Waals surface area contributed by atoms with Crippen LogP contribution in [0.1, 0.15) is 37.5 Å². The summed E-state index contributed by atoms with van der Waals surface area (Å²) in [5.74, 6) is 0. The molecule has 1 aromatic rings. The molecule has 0 heterocycles. The lowest BCUT2D eigenvalue weighted by Crippen LogP contribution is -2.19. The molecule has 1 aromatic carbocycles. The molecule has 0 aliphatic heterocycles. The van der Waals surface area contributed by atoms with Crippen molar-refractivity contribution in [3.05, 3.63) is 34.9 Å². The van der Waals surface area contributed by atoms with Crippen molar-refractivity contribution in [1.82, 2.24) is 0 Å². The smallest absolute Gasteiger partial charge is 0.101 e. The fourth-order valence-electron chi connectivity index (χ4n) is 1.24. The molecule has 3 heteroatoms. The Morgan fingerprint density at radius 2 is 1.88 bits per heavy atom. The summed E-state index contributed by atoms with van der Waals surface area (Å²) in [5.41, 5.74) is 1.32. The van der Waals surface area contributed by atoms with Crippen LogP contribution in [0, 0.1) is 22.7 Å². The first-order chi connectivity index (χ1) is 7.48. The lowest BCUT2D eigenvalue weighted by Gasteiger charge is -2.20. The van der Waals surface area contributed by atoms with E-state index in [1.54, 1.807) is 12.1 Å². The molecular formula is C13H14N2O. The Labute approximate surface area is 95.9 Å². The van der Waals surface area contributed by atoms with Crippen LogP contribution in [0.15, 0.2) is 18.2 Å². The highest BCUT2D eigenvalue weighted by molar-refractivity contribution is 5.50. The highest BCUT2D eigenvalue weighted by Gasteiger charge is 2.13. The quantitative estimate of drug-likeness (QED) is 0.760. The Morgan fingerprint density at radius 3 is 2.38 bits per heavy atom. The third-order valence-electron chi connectivity index (χ3n) is 2.04. The monoisotopic (exact) mass is 214 g/mol. The van der Waals surface area contributed by atoms with E-state index in [2.05, 4.69) is 0 Å². The zero-order valence-corrected chi connectivity index (χ0v) is 9.74. The minimum atomic E-state index is -0.255. The van der Waals surface area contributed by atoms with Gasteiger partial charge >= 0.3 is 0 Å². The van der Waals surface area contributed by atoms with E-state index in [1.807, 2.05) is 39.0 Å². The van der Waals surface area contributed by atoms with Crippen LogP contribution < -0.4 is 0 Å². The van der Waals surface area contributed by atoms with Crippen molar-refractivity contribution in [3.8, 4) is 12.1 Å². The first-order valence-electron chi connectivity index (χ1n) is 5.04. The number of nitrogens with zero attached hydrogens (tertiary/aromatic N) is 2. The van der Waals surface area contributed by atoms with E-state index in [0.29, 0.717) is 17.7 Å². The lowest BCUT2D eigenvalue weighted by atomic mass is 10.0. The molecular weight excluding hydrogens is 200 g/mol. The normalized spacial score (nSPS) is 10.6. The molecule has 0 atom stereocenters. The van der Waals surface area contributed by atoms with E-state index >= 15 is 0 Å². The summed E-state index contributed by atoms with van der Waals surface area (Å²) in [6, 6.07) is 9.27. The molecule has 0 saturated carbocycles. The molecule has 1 rings (SSSR count). The molecule has 0 N–H and O–H groups in total. The lowest BCUT2D eigenvalue weighted by molar-refractivity contribution is -0.0150. The van der Waals surface area contributed by atoms with Gasteiger partial charge in [0.2, 0.25) is 0 Å². The van der Waals surface area contributed by atoms with E-state index in [4.69, 9.17) is 15.3 Å². The maximum Gasteiger partial charge on any atom is 0.101 e. The molecule has 0 aliphatic carbocycles. The molecule has 0 aliphatic rings. The van der Waals surface area contributed by atoms with Crippen molar-refractivity contribution < 1.29 is 4.74 Å². The van der Waals surface area contributed by atoms with Crippen LogP contribution in [0.2, 0.25) is 0 Å². The van der Waals surface area contributed by atoms with Gasteiger partial charge in [-0.3, -0.25) is 0 Å². The number of benzene rings is 1. The summed E-state index contributed by atoms with van der Waals surface area (Å²) in [4.78, 5) is 0. The zero-order chi connectivity index (χ0) is 12.2. The van der Waals surface area contributed by atoms with Gasteiger partial charge in [-0.15, -0.1) is 0 Å². The Kier molecular flexibility index (Phi) is 3.66. The van der Waals surface area contributed by atoms with Crippen molar-refractivity contribution in [1.29, 1.82) is 10.5 Å². The molecule has 0 unspecified atom stereocenters. The Hall–Kier alpha value is -1.84. The summed E-state index contributed by atoms with van der Waals surface area (Å²) in [5, 5.41) is 17.9. The van der Waals surface area contributed by atoms with E-state index in [9.17, 15) is 0 Å². The second-order valence-electron chi connectivity index (χ2n) is 4.46. The molecule has 0 aromatic heterocycles. The van der Waals surface area contributed by atoms with Gasteiger partial charge in [0, 0.05) is 0 Å². The summed E-state index contributed by atoms with van der Waals surface area (Å²) in [6.45, 7) is 6.20. The SMILES string of the molecule is CC(C)(C)OCc1cccc(C#N)c1C#N. The molecule has 0 amide bonds. The first kappa shape index (κ1) is 12.2. The largest absolute Gasteiger partial charge is 0.371 e. The van der Waals surface area contributed by atoms with Gasteiger partial charge in [-0.1, -0.05) is 12.1 Å². The molecule has 0 saturated heterocycles. The maximum atomic E-state index is 9.00. The first-order valence-corrected chi connectivity index (χ1v) is 5.04. The van der Waals surface area contributed by atoms with Gasteiger partial charge in [-0.2, -0.15) is 10.5 Å². The van der Waals surface area contributed by atoms with Crippen molar-refractivity contribution in [2.24, 2.45) is 0 Å². The maximum absolute atomic E-state index is 9.00. The number of hydrogen-bond acceptors (Lipinski definition) is 3. The highest BCUT2D eigenvalue weighted by Crippen LogP contribution is 2.17. The van der Waals surface area contributed by atoms with Crippen molar-refractivity contribution in [2.75, 3.05) is 0 Å². The van der Waals surface area contributed by atoms with E-state index in [-0.39, 0.29) is 5.60 Å². The average Bonchev–Trinajstić information content (AvgIpc) is 2.24. The molecule has 0 fully saturated rings. The summed E-state index contributed by atoms with van der Waals surface area (Å²) in [7, 11) is 0. The van der Waals surface area contributed by atoms with Gasteiger partial charge < -0.3 is 4.74 Å². The predicted molar refractivity (Wildman–Crippen MR) is 60.4 cm³/mol. The van der Waals surface area contributed by atoms with E-state index in [1.165, 1.54) is 0 Å². The fraction of sp³-hybridized carbons (Fsp3) is 0.385. The van der Waals surface area contributed by atoms with Gasteiger partial charge in [0.15, 0.2) is 0 Å². The molecule has 16 heavy (non-hydrogen) atoms. The van der Waals surface area contributed by atoms with Crippen LogP contribution in [0.25, 0.3) is 0 Å². The summed E-state index contributed by atoms with van der Waals surface area (Å²) in [6.07, 6.45) is 0. The van der Waals surface area contributed by atoms with Crippen LogP contribution >= 0.6 is 0 Å². The fourth-order valence-corrected chi connectivity index (χ4v) is 1.24. The standard InChI is InChI=1S/C13H14N2O/c1-13(2,3)16-9-11-6-4-5-10(7-14)12(11)8-15/h4-6H,9H2,1-3H3. The van der Waals surface area contributed by atoms with Gasteiger partial charge in [0.05, 0.1) is 23.3 Å². The van der Waals surface area contributed by atoms with Crippen molar-refractivity contribution in [2.45, 2.75) is 33.0 Å². The second kappa shape index (κ2) is 4.79. The van der Waals surface area contributed by atoms with Gasteiger partial charge in [-0.25, -0.2) is 0 Å². The summed E-state index contributed by atoms with van der Waals surface area (Å²) >= 11 is 0. The molecule has 3 nitrogen and oxygen atoms in total. The van der Waals surface area contributed by atoms with Gasteiger partial charge in [-0.05, 0) is 32.4 Å². The number of nitriles is 2. The summed E-state index contributed by atoms with van der Waals surface area (Å²) < 4.78 is 5.60. The van der Waals surface area contributed by atoms with Crippen LogP contribution in [-0.4, -0.2) is 5.60 Å². The molecule has 82 valence electrons. The van der Waals surface area contributed by atoms with Crippen LogP contribution in [0.5, 0.6) is 0 Å². The average molecular weight is 214 g/mol. The van der Waals surface area contributed by atoms with Gasteiger partial charge in [0.25, 0.3) is 0 Å². The molecule has 0 spiro atoms. The van der Waals surface area contributed by atoms with Gasteiger partial charge in [0.1, 0.15) is 12.1 Å². The molecule has 0 bridgehead atoms. The predicted octanol–water partition coefficient (Wildman–Crippen LogP) is 2.75. The van der Waals surface area contributed by atoms with Crippen molar-refractivity contribution in [3.63, 3.8) is 0 Å². The zero-order valence-electron chi connectivity index (χ0n) is 9.74. The number of hydrogen-bond donors (Lipinski definition) is 0. The third kappa shape index (κ3) is 3.08.